The Morgan fingerprint density at radius 1 is 1.12 bits per heavy atom. The van der Waals surface area contributed by atoms with Crippen LogP contribution >= 0.6 is 11.6 Å². The third-order valence-electron chi connectivity index (χ3n) is 3.56. The molecule has 0 aliphatic carbocycles. The Morgan fingerprint density at radius 3 is 2.60 bits per heavy atom. The quantitative estimate of drug-likeness (QED) is 0.611. The van der Waals surface area contributed by atoms with Gasteiger partial charge in [-0.3, -0.25) is 0 Å². The van der Waals surface area contributed by atoms with Crippen molar-refractivity contribution < 1.29 is 17.6 Å². The Hall–Kier alpha value is -2.34. The first-order chi connectivity index (χ1) is 11.8. The van der Waals surface area contributed by atoms with Crippen molar-refractivity contribution in [2.45, 2.75) is 19.5 Å². The summed E-state index contributed by atoms with van der Waals surface area (Å²) in [5.41, 5.74) is 0.543. The zero-order valence-corrected chi connectivity index (χ0v) is 13.9. The van der Waals surface area contributed by atoms with Crippen LogP contribution in [0, 0.1) is 13.3 Å². The molecular weight excluding hydrogens is 353 g/mol. The molecule has 0 aliphatic rings. The van der Waals surface area contributed by atoms with Gasteiger partial charge in [0.1, 0.15) is 0 Å². The van der Waals surface area contributed by atoms with Crippen molar-refractivity contribution in [3.05, 3.63) is 76.8 Å². The van der Waals surface area contributed by atoms with Gasteiger partial charge in [-0.05, 0) is 35.2 Å². The molecule has 0 fully saturated rings. The van der Waals surface area contributed by atoms with E-state index in [0.717, 1.165) is 11.6 Å². The molecule has 1 aromatic heterocycles. The van der Waals surface area contributed by atoms with Gasteiger partial charge in [0.2, 0.25) is 11.8 Å². The van der Waals surface area contributed by atoms with E-state index in [-0.39, 0.29) is 10.6 Å². The van der Waals surface area contributed by atoms with Gasteiger partial charge < -0.3 is 4.42 Å². The minimum Gasteiger partial charge on any atom is -0.426 e. The van der Waals surface area contributed by atoms with Crippen LogP contribution in [0.3, 0.4) is 0 Å². The summed E-state index contributed by atoms with van der Waals surface area (Å²) in [6.07, 6.45) is -2.27. The molecule has 129 valence electrons. The predicted octanol–water partition coefficient (Wildman–Crippen LogP) is 5.51. The fourth-order valence-corrected chi connectivity index (χ4v) is 2.63. The number of alkyl halides is 3. The highest BCUT2D eigenvalue weighted by Crippen LogP contribution is 2.38. The van der Waals surface area contributed by atoms with Crippen LogP contribution in [0.5, 0.6) is 0 Å². The maximum Gasteiger partial charge on any atom is 0.417 e. The normalized spacial score (nSPS) is 11.7. The van der Waals surface area contributed by atoms with Crippen LogP contribution < -0.4 is 0 Å². The first kappa shape index (κ1) is 17.5. The Labute approximate surface area is 147 Å². The average molecular weight is 366 g/mol. The van der Waals surface area contributed by atoms with Gasteiger partial charge in [-0.1, -0.05) is 41.9 Å². The molecule has 0 spiro atoms. The van der Waals surface area contributed by atoms with E-state index in [9.17, 15) is 13.2 Å². The largest absolute Gasteiger partial charge is 0.426 e. The predicted molar refractivity (Wildman–Crippen MR) is 88.0 cm³/mol. The fourth-order valence-electron chi connectivity index (χ4n) is 2.46. The number of aromatic nitrogens is 2. The van der Waals surface area contributed by atoms with Crippen LogP contribution in [-0.4, -0.2) is 10.2 Å². The zero-order chi connectivity index (χ0) is 18.0. The molecule has 3 rings (SSSR count). The molecule has 0 N–H and O–H groups in total. The summed E-state index contributed by atoms with van der Waals surface area (Å²) >= 11 is 5.73. The first-order valence-electron chi connectivity index (χ1n) is 7.42. The lowest BCUT2D eigenvalue weighted by atomic mass is 9.96. The number of aryl methyl sites for hydroxylation is 1. The number of rotatable bonds is 4. The second-order valence-corrected chi connectivity index (χ2v) is 5.87. The summed E-state index contributed by atoms with van der Waals surface area (Å²) in [4.78, 5) is 0. The maximum absolute atomic E-state index is 13.3. The molecule has 0 amide bonds. The van der Waals surface area contributed by atoms with Crippen LogP contribution in [0.4, 0.5) is 13.2 Å². The van der Waals surface area contributed by atoms with Crippen LogP contribution in [0.2, 0.25) is 5.02 Å². The lowest BCUT2D eigenvalue weighted by molar-refractivity contribution is -0.137. The van der Waals surface area contributed by atoms with Gasteiger partial charge in [0, 0.05) is 18.4 Å². The smallest absolute Gasteiger partial charge is 0.417 e. The summed E-state index contributed by atoms with van der Waals surface area (Å²) in [6.45, 7) is 1.69. The Morgan fingerprint density at radius 2 is 1.92 bits per heavy atom. The van der Waals surface area contributed by atoms with Gasteiger partial charge in [0.05, 0.1) is 5.56 Å². The van der Waals surface area contributed by atoms with Crippen LogP contribution in [0.15, 0.2) is 46.9 Å². The van der Waals surface area contributed by atoms with Crippen LogP contribution in [0.25, 0.3) is 11.1 Å². The van der Waals surface area contributed by atoms with E-state index < -0.39 is 11.7 Å². The van der Waals surface area contributed by atoms with Gasteiger partial charge in [-0.25, -0.2) is 0 Å². The van der Waals surface area contributed by atoms with Crippen molar-refractivity contribution in [3.63, 3.8) is 0 Å². The lowest BCUT2D eigenvalue weighted by Crippen LogP contribution is -2.07. The van der Waals surface area contributed by atoms with E-state index in [2.05, 4.69) is 10.2 Å². The second-order valence-electron chi connectivity index (χ2n) is 5.44. The lowest BCUT2D eigenvalue weighted by Gasteiger charge is -2.14. The highest BCUT2D eigenvalue weighted by molar-refractivity contribution is 6.30. The Balaban J connectivity index is 1.89. The molecule has 0 saturated carbocycles. The average Bonchev–Trinajstić information content (AvgIpc) is 2.98. The van der Waals surface area contributed by atoms with Crippen LogP contribution in [0.1, 0.15) is 22.9 Å². The molecular formula is C18H13ClF3N2O. The standard InChI is InChI=1S/C18H13ClF3N2O/c1-11-23-24-17(25-11)8-5-12-3-2-4-13(9-12)15-7-6-14(19)10-16(15)18(20,21)22/h2-7,9-10H,8H2,1H3. The number of benzene rings is 2. The molecule has 3 aromatic rings. The van der Waals surface area contributed by atoms with Gasteiger partial charge in [0.15, 0.2) is 0 Å². The van der Waals surface area contributed by atoms with Crippen molar-refractivity contribution in [1.82, 2.24) is 10.2 Å². The zero-order valence-electron chi connectivity index (χ0n) is 13.1. The minimum atomic E-state index is -4.48. The summed E-state index contributed by atoms with van der Waals surface area (Å²) in [5, 5.41) is 7.67. The van der Waals surface area contributed by atoms with Crippen LogP contribution in [-0.2, 0) is 12.6 Å². The van der Waals surface area contributed by atoms with E-state index in [4.69, 9.17) is 16.0 Å². The molecule has 0 unspecified atom stereocenters. The molecule has 0 aliphatic heterocycles. The minimum absolute atomic E-state index is 0.0468. The summed E-state index contributed by atoms with van der Waals surface area (Å²) in [5.74, 6) is 0.915. The fraction of sp³-hybridized carbons (Fsp3) is 0.167. The van der Waals surface area contributed by atoms with E-state index >= 15 is 0 Å². The van der Waals surface area contributed by atoms with E-state index in [0.29, 0.717) is 23.8 Å². The van der Waals surface area contributed by atoms with Crippen molar-refractivity contribution in [3.8, 4) is 11.1 Å². The van der Waals surface area contributed by atoms with Crippen molar-refractivity contribution >= 4 is 11.6 Å². The van der Waals surface area contributed by atoms with Crippen molar-refractivity contribution in [1.29, 1.82) is 0 Å². The molecule has 0 saturated heterocycles. The number of hydrogen-bond donors (Lipinski definition) is 0. The summed E-state index contributed by atoms with van der Waals surface area (Å²) < 4.78 is 45.2. The van der Waals surface area contributed by atoms with Gasteiger partial charge in [-0.15, -0.1) is 10.2 Å². The molecule has 1 radical (unpaired) electrons. The monoisotopic (exact) mass is 365 g/mol. The SMILES string of the molecule is Cc1nnc(C[CH]c2cccc(-c3ccc(Cl)cc3C(F)(F)F)c2)o1. The molecule has 0 atom stereocenters. The topological polar surface area (TPSA) is 38.9 Å². The highest BCUT2D eigenvalue weighted by Gasteiger charge is 2.33. The molecule has 7 heteroatoms. The highest BCUT2D eigenvalue weighted by atomic mass is 35.5. The number of halogens is 4. The second kappa shape index (κ2) is 6.88. The molecule has 25 heavy (non-hydrogen) atoms. The Kier molecular flexibility index (Phi) is 4.81. The molecule has 0 bridgehead atoms. The molecule has 2 aromatic carbocycles. The Bertz CT molecular complexity index is 890. The maximum atomic E-state index is 13.3. The number of nitrogens with zero attached hydrogens (tertiary/aromatic N) is 2. The van der Waals surface area contributed by atoms with E-state index in [1.807, 2.05) is 6.42 Å². The summed E-state index contributed by atoms with van der Waals surface area (Å²) in [7, 11) is 0. The van der Waals surface area contributed by atoms with Crippen molar-refractivity contribution in [2.75, 3.05) is 0 Å². The summed E-state index contributed by atoms with van der Waals surface area (Å²) in [6, 6.07) is 10.6. The molecule has 1 heterocycles. The van der Waals surface area contributed by atoms with Gasteiger partial charge in [0.25, 0.3) is 0 Å². The van der Waals surface area contributed by atoms with Crippen molar-refractivity contribution in [2.24, 2.45) is 0 Å². The molecule has 3 nitrogen and oxygen atoms in total. The third-order valence-corrected chi connectivity index (χ3v) is 3.80. The van der Waals surface area contributed by atoms with E-state index in [1.165, 1.54) is 12.1 Å². The third kappa shape index (κ3) is 4.20. The van der Waals surface area contributed by atoms with Gasteiger partial charge >= 0.3 is 6.18 Å². The first-order valence-corrected chi connectivity index (χ1v) is 7.80. The number of hydrogen-bond acceptors (Lipinski definition) is 3. The van der Waals surface area contributed by atoms with Gasteiger partial charge in [-0.2, -0.15) is 13.2 Å². The van der Waals surface area contributed by atoms with E-state index in [1.54, 1.807) is 31.2 Å².